The molecule has 0 aliphatic carbocycles. The first-order chi connectivity index (χ1) is 14.3. The molecule has 2 aromatic rings. The quantitative estimate of drug-likeness (QED) is 0.578. The van der Waals surface area contributed by atoms with Crippen molar-refractivity contribution < 1.29 is 14.5 Å². The van der Waals surface area contributed by atoms with Gasteiger partial charge in [-0.3, -0.25) is 24.4 Å². The number of hydrogen-bond donors (Lipinski definition) is 1. The van der Waals surface area contributed by atoms with Gasteiger partial charge in [-0.15, -0.1) is 0 Å². The molecule has 1 aliphatic rings. The molecule has 0 spiro atoms. The molecule has 1 fully saturated rings. The highest BCUT2D eigenvalue weighted by Crippen LogP contribution is 2.23. The van der Waals surface area contributed by atoms with Gasteiger partial charge >= 0.3 is 5.69 Å². The molecule has 1 aromatic heterocycles. The van der Waals surface area contributed by atoms with E-state index in [1.807, 2.05) is 17.0 Å². The average molecular weight is 413 g/mol. The van der Waals surface area contributed by atoms with Crippen LogP contribution in [0, 0.1) is 29.9 Å². The third kappa shape index (κ3) is 4.84. The summed E-state index contributed by atoms with van der Waals surface area (Å²) in [6.07, 6.45) is 1.75. The molecule has 1 saturated heterocycles. The number of benzene rings is 1. The second kappa shape index (κ2) is 9.06. The molecular formula is C21H27N5O4. The molecule has 30 heavy (non-hydrogen) atoms. The molecule has 1 N–H and O–H groups in total. The molecule has 3 rings (SSSR count). The van der Waals surface area contributed by atoms with Gasteiger partial charge in [0.05, 0.1) is 11.5 Å². The van der Waals surface area contributed by atoms with Gasteiger partial charge in [-0.25, -0.2) is 0 Å². The summed E-state index contributed by atoms with van der Waals surface area (Å²) in [6, 6.07) is 7.31. The van der Waals surface area contributed by atoms with Gasteiger partial charge < -0.3 is 10.2 Å². The number of carbonyl (C=O) groups excluding carboxylic acids is 2. The van der Waals surface area contributed by atoms with Gasteiger partial charge in [0.15, 0.2) is 0 Å². The summed E-state index contributed by atoms with van der Waals surface area (Å²) >= 11 is 0. The first kappa shape index (κ1) is 21.5. The molecule has 0 saturated carbocycles. The van der Waals surface area contributed by atoms with Crippen molar-refractivity contribution in [3.8, 4) is 0 Å². The van der Waals surface area contributed by atoms with E-state index in [-0.39, 0.29) is 17.5 Å². The first-order valence-electron chi connectivity index (χ1n) is 10.1. The summed E-state index contributed by atoms with van der Waals surface area (Å²) in [5, 5.41) is 18.3. The zero-order valence-electron chi connectivity index (χ0n) is 17.6. The van der Waals surface area contributed by atoms with Crippen LogP contribution in [0.15, 0.2) is 24.3 Å². The Morgan fingerprint density at radius 3 is 2.37 bits per heavy atom. The fourth-order valence-corrected chi connectivity index (χ4v) is 3.84. The van der Waals surface area contributed by atoms with Crippen molar-refractivity contribution in [3.05, 3.63) is 56.9 Å². The Morgan fingerprint density at radius 2 is 1.83 bits per heavy atom. The molecule has 160 valence electrons. The molecule has 2 amide bonds. The largest absolute Gasteiger partial charge is 0.356 e. The van der Waals surface area contributed by atoms with Gasteiger partial charge in [-0.05, 0) is 50.3 Å². The Bertz CT molecular complexity index is 943. The number of hydrogen-bond acceptors (Lipinski definition) is 5. The lowest BCUT2D eigenvalue weighted by molar-refractivity contribution is -0.386. The van der Waals surface area contributed by atoms with Gasteiger partial charge in [-0.2, -0.15) is 5.10 Å². The highest BCUT2D eigenvalue weighted by atomic mass is 16.6. The lowest BCUT2D eigenvalue weighted by Crippen LogP contribution is -2.41. The van der Waals surface area contributed by atoms with E-state index in [0.717, 1.165) is 18.4 Å². The van der Waals surface area contributed by atoms with E-state index in [1.54, 1.807) is 30.7 Å². The third-order valence-electron chi connectivity index (χ3n) is 5.60. The summed E-state index contributed by atoms with van der Waals surface area (Å²) in [5.74, 6) is 0.384. The number of nitrogens with zero attached hydrogens (tertiary/aromatic N) is 4. The number of amides is 2. The lowest BCUT2D eigenvalue weighted by atomic mass is 9.96. The summed E-state index contributed by atoms with van der Waals surface area (Å²) in [7, 11) is 0. The minimum Gasteiger partial charge on any atom is -0.356 e. The molecule has 0 atom stereocenters. The predicted octanol–water partition coefficient (Wildman–Crippen LogP) is 2.44. The van der Waals surface area contributed by atoms with E-state index in [9.17, 15) is 19.7 Å². The zero-order valence-corrected chi connectivity index (χ0v) is 17.6. The van der Waals surface area contributed by atoms with E-state index in [0.29, 0.717) is 49.0 Å². The molecule has 0 bridgehead atoms. The van der Waals surface area contributed by atoms with Crippen LogP contribution in [-0.2, 0) is 11.3 Å². The maximum absolute atomic E-state index is 12.8. The lowest BCUT2D eigenvalue weighted by Gasteiger charge is -2.32. The van der Waals surface area contributed by atoms with Crippen molar-refractivity contribution in [2.45, 2.75) is 40.2 Å². The van der Waals surface area contributed by atoms with Crippen LogP contribution in [0.2, 0.25) is 0 Å². The van der Waals surface area contributed by atoms with Gasteiger partial charge in [0.25, 0.3) is 5.91 Å². The number of carbonyl (C=O) groups is 2. The van der Waals surface area contributed by atoms with Crippen LogP contribution in [0.5, 0.6) is 0 Å². The van der Waals surface area contributed by atoms with E-state index >= 15 is 0 Å². The third-order valence-corrected chi connectivity index (χ3v) is 5.60. The van der Waals surface area contributed by atoms with Crippen LogP contribution in [0.4, 0.5) is 5.69 Å². The number of aryl methyl sites for hydroxylation is 1. The molecule has 9 nitrogen and oxygen atoms in total. The van der Waals surface area contributed by atoms with Crippen molar-refractivity contribution in [1.29, 1.82) is 0 Å². The standard InChI is InChI=1S/C21H27N5O4/c1-14-20(26(29)30)15(2)25(23-14)13-18-4-6-19(7-5-18)21(28)24-10-8-17(9-11-24)12-22-16(3)27/h4-7,17H,8-13H2,1-3H3,(H,22,27). The second-order valence-electron chi connectivity index (χ2n) is 7.80. The molecular weight excluding hydrogens is 386 g/mol. The number of rotatable bonds is 6. The molecule has 0 unspecified atom stereocenters. The van der Waals surface area contributed by atoms with Crippen molar-refractivity contribution in [2.24, 2.45) is 5.92 Å². The van der Waals surface area contributed by atoms with Gasteiger partial charge in [0.1, 0.15) is 11.4 Å². The molecule has 2 heterocycles. The number of nitro groups is 1. The van der Waals surface area contributed by atoms with Gasteiger partial charge in [0, 0.05) is 32.1 Å². The number of aromatic nitrogens is 2. The summed E-state index contributed by atoms with van der Waals surface area (Å²) in [5.41, 5.74) is 2.49. The minimum atomic E-state index is -0.407. The normalized spacial score (nSPS) is 14.6. The first-order valence-corrected chi connectivity index (χ1v) is 10.1. The van der Waals surface area contributed by atoms with E-state index in [2.05, 4.69) is 10.4 Å². The topological polar surface area (TPSA) is 110 Å². The Morgan fingerprint density at radius 1 is 1.20 bits per heavy atom. The van der Waals surface area contributed by atoms with Gasteiger partial charge in [-0.1, -0.05) is 12.1 Å². The van der Waals surface area contributed by atoms with Crippen molar-refractivity contribution >= 4 is 17.5 Å². The van der Waals surface area contributed by atoms with Crippen LogP contribution >= 0.6 is 0 Å². The van der Waals surface area contributed by atoms with Crippen molar-refractivity contribution in [3.63, 3.8) is 0 Å². The predicted molar refractivity (Wildman–Crippen MR) is 111 cm³/mol. The number of likely N-dealkylation sites (tertiary alicyclic amines) is 1. The smallest absolute Gasteiger partial charge is 0.312 e. The minimum absolute atomic E-state index is 0.00118. The van der Waals surface area contributed by atoms with E-state index < -0.39 is 4.92 Å². The molecule has 1 aromatic carbocycles. The van der Waals surface area contributed by atoms with Crippen LogP contribution in [0.25, 0.3) is 0 Å². The number of piperidine rings is 1. The fraction of sp³-hybridized carbons (Fsp3) is 0.476. The Balaban J connectivity index is 1.60. The molecule has 1 aliphatic heterocycles. The van der Waals surface area contributed by atoms with Crippen molar-refractivity contribution in [1.82, 2.24) is 20.0 Å². The SMILES string of the molecule is CC(=O)NCC1CCN(C(=O)c2ccc(Cn3nc(C)c([N+](=O)[O-])c3C)cc2)CC1. The van der Waals surface area contributed by atoms with Crippen LogP contribution < -0.4 is 5.32 Å². The van der Waals surface area contributed by atoms with Crippen LogP contribution in [0.1, 0.15) is 47.1 Å². The highest BCUT2D eigenvalue weighted by Gasteiger charge is 2.24. The highest BCUT2D eigenvalue weighted by molar-refractivity contribution is 5.94. The zero-order chi connectivity index (χ0) is 21.8. The monoisotopic (exact) mass is 413 g/mol. The summed E-state index contributed by atoms with van der Waals surface area (Å²) in [6.45, 7) is 7.26. The van der Waals surface area contributed by atoms with Crippen molar-refractivity contribution in [2.75, 3.05) is 19.6 Å². The molecule has 0 radical (unpaired) electrons. The van der Waals surface area contributed by atoms with Crippen LogP contribution in [-0.4, -0.2) is 51.1 Å². The Labute approximate surface area is 175 Å². The van der Waals surface area contributed by atoms with E-state index in [4.69, 9.17) is 0 Å². The summed E-state index contributed by atoms with van der Waals surface area (Å²) < 4.78 is 1.62. The Hall–Kier alpha value is -3.23. The number of nitrogens with one attached hydrogen (secondary N) is 1. The average Bonchev–Trinajstić information content (AvgIpc) is 3.00. The second-order valence-corrected chi connectivity index (χ2v) is 7.80. The summed E-state index contributed by atoms with van der Waals surface area (Å²) in [4.78, 5) is 36.4. The maximum Gasteiger partial charge on any atom is 0.312 e. The van der Waals surface area contributed by atoms with Crippen LogP contribution in [0.3, 0.4) is 0 Å². The maximum atomic E-state index is 12.8. The van der Waals surface area contributed by atoms with E-state index in [1.165, 1.54) is 6.92 Å². The fourth-order valence-electron chi connectivity index (χ4n) is 3.84. The molecule has 9 heteroatoms. The Kier molecular flexibility index (Phi) is 6.49. The van der Waals surface area contributed by atoms with Gasteiger partial charge in [0.2, 0.25) is 5.91 Å².